The molecule has 7 nitrogen and oxygen atoms in total. The number of hydrogen-bond donors (Lipinski definition) is 1. The van der Waals surface area contributed by atoms with E-state index in [1.165, 1.54) is 0 Å². The summed E-state index contributed by atoms with van der Waals surface area (Å²) in [5, 5.41) is 7.14. The average molecular weight is 358 g/mol. The van der Waals surface area contributed by atoms with E-state index in [9.17, 15) is 4.91 Å². The third kappa shape index (κ3) is 3.39. The molecule has 1 N–H and O–H groups in total. The van der Waals surface area contributed by atoms with Crippen LogP contribution in [0.2, 0.25) is 0 Å². The van der Waals surface area contributed by atoms with Gasteiger partial charge in [-0.05, 0) is 48.0 Å². The van der Waals surface area contributed by atoms with Crippen molar-refractivity contribution in [2.75, 3.05) is 5.32 Å². The highest BCUT2D eigenvalue weighted by molar-refractivity contribution is 5.93. The molecule has 0 atom stereocenters. The maximum atomic E-state index is 10.7. The molecule has 0 saturated carbocycles. The van der Waals surface area contributed by atoms with Crippen LogP contribution in [0.15, 0.2) is 66.2 Å². The van der Waals surface area contributed by atoms with Gasteiger partial charge in [-0.1, -0.05) is 13.0 Å². The summed E-state index contributed by atoms with van der Waals surface area (Å²) in [5.41, 5.74) is 3.83. The van der Waals surface area contributed by atoms with Gasteiger partial charge in [-0.2, -0.15) is 0 Å². The zero-order valence-corrected chi connectivity index (χ0v) is 14.8. The van der Waals surface area contributed by atoms with E-state index in [2.05, 4.69) is 49.2 Å². The van der Waals surface area contributed by atoms with Gasteiger partial charge in [-0.25, -0.2) is 15.0 Å². The van der Waals surface area contributed by atoms with Crippen molar-refractivity contribution in [3.05, 3.63) is 66.0 Å². The molecular weight excluding hydrogens is 340 g/mol. The van der Waals surface area contributed by atoms with E-state index in [0.717, 1.165) is 35.3 Å². The zero-order chi connectivity index (χ0) is 18.6. The lowest BCUT2D eigenvalue weighted by molar-refractivity contribution is 0.698. The molecule has 0 bridgehead atoms. The van der Waals surface area contributed by atoms with Crippen molar-refractivity contribution in [3.8, 4) is 11.3 Å². The summed E-state index contributed by atoms with van der Waals surface area (Å²) in [7, 11) is 0. The number of aryl methyl sites for hydroxylation is 1. The second kappa shape index (κ2) is 7.33. The summed E-state index contributed by atoms with van der Waals surface area (Å²) >= 11 is 0. The van der Waals surface area contributed by atoms with E-state index < -0.39 is 0 Å². The van der Waals surface area contributed by atoms with Gasteiger partial charge < -0.3 is 9.88 Å². The predicted octanol–water partition coefficient (Wildman–Crippen LogP) is 5.04. The van der Waals surface area contributed by atoms with Crippen LogP contribution in [0, 0.1) is 4.91 Å². The number of fused-ring (bicyclic) bond motifs is 1. The second-order valence-corrected chi connectivity index (χ2v) is 6.14. The lowest BCUT2D eigenvalue weighted by Crippen LogP contribution is -1.97. The topological polar surface area (TPSA) is 85.1 Å². The molecule has 0 aliphatic carbocycles. The number of hydrogen-bond acceptors (Lipinski definition) is 6. The standard InChI is InChI=1S/C20H18N6O/c1-2-11-26-13-17(16-7-4-9-21-19(16)26)18-8-10-22-20(24-18)23-14-5-3-6-15(12-14)25-27/h3-10,12-13H,2,11H2,1H3,(H,22,23,24). The van der Waals surface area contributed by atoms with Gasteiger partial charge >= 0.3 is 0 Å². The fraction of sp³-hybridized carbons (Fsp3) is 0.150. The molecule has 0 spiro atoms. The summed E-state index contributed by atoms with van der Waals surface area (Å²) in [4.78, 5) is 24.2. The summed E-state index contributed by atoms with van der Waals surface area (Å²) in [6.07, 6.45) is 6.63. The van der Waals surface area contributed by atoms with Crippen LogP contribution in [0.25, 0.3) is 22.3 Å². The first-order valence-electron chi connectivity index (χ1n) is 8.76. The predicted molar refractivity (Wildman–Crippen MR) is 106 cm³/mol. The number of benzene rings is 1. The van der Waals surface area contributed by atoms with Crippen LogP contribution < -0.4 is 5.32 Å². The van der Waals surface area contributed by atoms with Crippen molar-refractivity contribution in [3.63, 3.8) is 0 Å². The van der Waals surface area contributed by atoms with E-state index in [-0.39, 0.29) is 0 Å². The Bertz CT molecular complexity index is 1100. The molecule has 0 saturated heterocycles. The fourth-order valence-corrected chi connectivity index (χ4v) is 3.08. The van der Waals surface area contributed by atoms with Crippen molar-refractivity contribution in [1.29, 1.82) is 0 Å². The quantitative estimate of drug-likeness (QED) is 0.488. The van der Waals surface area contributed by atoms with Crippen LogP contribution >= 0.6 is 0 Å². The first-order chi connectivity index (χ1) is 13.3. The first kappa shape index (κ1) is 16.8. The molecular formula is C20H18N6O. The van der Waals surface area contributed by atoms with Gasteiger partial charge in [0.2, 0.25) is 5.95 Å². The molecule has 4 aromatic rings. The number of nitroso groups, excluding NO2 is 1. The largest absolute Gasteiger partial charge is 0.332 e. The lowest BCUT2D eigenvalue weighted by atomic mass is 10.1. The smallest absolute Gasteiger partial charge is 0.227 e. The van der Waals surface area contributed by atoms with Crippen LogP contribution in [-0.2, 0) is 6.54 Å². The van der Waals surface area contributed by atoms with Crippen molar-refractivity contribution in [2.45, 2.75) is 19.9 Å². The Morgan fingerprint density at radius 3 is 2.89 bits per heavy atom. The van der Waals surface area contributed by atoms with Gasteiger partial charge in [-0.3, -0.25) is 0 Å². The van der Waals surface area contributed by atoms with Gasteiger partial charge in [0.05, 0.1) is 5.69 Å². The third-order valence-electron chi connectivity index (χ3n) is 4.24. The van der Waals surface area contributed by atoms with Crippen LogP contribution in [0.1, 0.15) is 13.3 Å². The van der Waals surface area contributed by atoms with E-state index in [1.807, 2.05) is 18.2 Å². The summed E-state index contributed by atoms with van der Waals surface area (Å²) in [6.45, 7) is 3.04. The van der Waals surface area contributed by atoms with Gasteiger partial charge in [0.25, 0.3) is 0 Å². The molecule has 3 aromatic heterocycles. The number of aromatic nitrogens is 4. The van der Waals surface area contributed by atoms with E-state index >= 15 is 0 Å². The molecule has 7 heteroatoms. The molecule has 1 aromatic carbocycles. The molecule has 0 aliphatic rings. The van der Waals surface area contributed by atoms with Crippen LogP contribution in [-0.4, -0.2) is 19.5 Å². The van der Waals surface area contributed by atoms with Gasteiger partial charge in [0.15, 0.2) is 0 Å². The molecule has 0 amide bonds. The van der Waals surface area contributed by atoms with Crippen LogP contribution in [0.3, 0.4) is 0 Å². The molecule has 0 fully saturated rings. The molecule has 134 valence electrons. The van der Waals surface area contributed by atoms with Crippen LogP contribution in [0.5, 0.6) is 0 Å². The molecule has 27 heavy (non-hydrogen) atoms. The number of pyridine rings is 1. The van der Waals surface area contributed by atoms with Crippen molar-refractivity contribution >= 4 is 28.4 Å². The molecule has 3 heterocycles. The summed E-state index contributed by atoms with van der Waals surface area (Å²) in [5.74, 6) is 0.454. The van der Waals surface area contributed by atoms with Gasteiger partial charge in [0, 0.05) is 41.8 Å². The van der Waals surface area contributed by atoms with Gasteiger partial charge in [0.1, 0.15) is 11.3 Å². The van der Waals surface area contributed by atoms with Crippen molar-refractivity contribution in [1.82, 2.24) is 19.5 Å². The molecule has 0 aliphatic heterocycles. The Balaban J connectivity index is 1.72. The minimum absolute atomic E-state index is 0.352. The van der Waals surface area contributed by atoms with Crippen molar-refractivity contribution < 1.29 is 0 Å². The number of anilines is 2. The fourth-order valence-electron chi connectivity index (χ4n) is 3.08. The number of rotatable bonds is 6. The highest BCUT2D eigenvalue weighted by atomic mass is 16.3. The lowest BCUT2D eigenvalue weighted by Gasteiger charge is -2.06. The van der Waals surface area contributed by atoms with E-state index in [0.29, 0.717) is 17.3 Å². The Labute approximate surface area is 156 Å². The Hall–Kier alpha value is -3.61. The Morgan fingerprint density at radius 2 is 2.04 bits per heavy atom. The number of nitrogens with zero attached hydrogens (tertiary/aromatic N) is 5. The zero-order valence-electron chi connectivity index (χ0n) is 14.8. The summed E-state index contributed by atoms with van der Waals surface area (Å²) in [6, 6.07) is 12.8. The second-order valence-electron chi connectivity index (χ2n) is 6.14. The highest BCUT2D eigenvalue weighted by Gasteiger charge is 2.12. The van der Waals surface area contributed by atoms with E-state index in [1.54, 1.807) is 30.6 Å². The van der Waals surface area contributed by atoms with E-state index in [4.69, 9.17) is 0 Å². The minimum atomic E-state index is 0.352. The highest BCUT2D eigenvalue weighted by Crippen LogP contribution is 2.29. The maximum absolute atomic E-state index is 10.7. The monoisotopic (exact) mass is 358 g/mol. The molecule has 0 unspecified atom stereocenters. The molecule has 4 rings (SSSR count). The molecule has 0 radical (unpaired) electrons. The Kier molecular flexibility index (Phi) is 4.57. The Morgan fingerprint density at radius 1 is 1.11 bits per heavy atom. The van der Waals surface area contributed by atoms with Crippen LogP contribution in [0.4, 0.5) is 17.3 Å². The summed E-state index contributed by atoms with van der Waals surface area (Å²) < 4.78 is 2.15. The van der Waals surface area contributed by atoms with Crippen molar-refractivity contribution in [2.24, 2.45) is 5.18 Å². The maximum Gasteiger partial charge on any atom is 0.227 e. The average Bonchev–Trinajstić information content (AvgIpc) is 3.07. The minimum Gasteiger partial charge on any atom is -0.332 e. The normalized spacial score (nSPS) is 10.9. The third-order valence-corrected chi connectivity index (χ3v) is 4.24. The number of nitrogens with one attached hydrogen (secondary N) is 1. The SMILES string of the molecule is CCCn1cc(-c2ccnc(Nc3cccc(N=O)c3)n2)c2cccnc21. The first-order valence-corrected chi connectivity index (χ1v) is 8.76. The van der Waals surface area contributed by atoms with Gasteiger partial charge in [-0.15, -0.1) is 4.91 Å².